The molecule has 2 fully saturated rings. The standard InChI is InChI=1S/C12H18O2/c1-2-10-5-9(1)6-11(10)7-13-4-3-12-8-14-12/h1-2,9-12H,3-8H2. The molecule has 1 heterocycles. The molecule has 2 aliphatic carbocycles. The van der Waals surface area contributed by atoms with E-state index < -0.39 is 0 Å². The summed E-state index contributed by atoms with van der Waals surface area (Å²) in [5, 5.41) is 0. The van der Waals surface area contributed by atoms with Crippen LogP contribution in [-0.2, 0) is 9.47 Å². The van der Waals surface area contributed by atoms with Gasteiger partial charge in [0.1, 0.15) is 0 Å². The van der Waals surface area contributed by atoms with Crippen molar-refractivity contribution in [2.45, 2.75) is 25.4 Å². The van der Waals surface area contributed by atoms with Crippen molar-refractivity contribution in [1.82, 2.24) is 0 Å². The van der Waals surface area contributed by atoms with Gasteiger partial charge in [-0.05, 0) is 37.0 Å². The first-order chi connectivity index (χ1) is 6.92. The van der Waals surface area contributed by atoms with Crippen LogP contribution in [0, 0.1) is 17.8 Å². The third-order valence-electron chi connectivity index (χ3n) is 3.73. The van der Waals surface area contributed by atoms with Gasteiger partial charge in [0.2, 0.25) is 0 Å². The second-order valence-electron chi connectivity index (χ2n) is 4.86. The maximum absolute atomic E-state index is 5.71. The van der Waals surface area contributed by atoms with E-state index in [0.717, 1.165) is 44.0 Å². The van der Waals surface area contributed by atoms with E-state index in [1.54, 1.807) is 0 Å². The van der Waals surface area contributed by atoms with Crippen molar-refractivity contribution in [1.29, 1.82) is 0 Å². The van der Waals surface area contributed by atoms with E-state index in [1.165, 1.54) is 12.8 Å². The molecule has 1 saturated heterocycles. The van der Waals surface area contributed by atoms with Crippen LogP contribution >= 0.6 is 0 Å². The fraction of sp³-hybridized carbons (Fsp3) is 0.833. The van der Waals surface area contributed by atoms with Crippen LogP contribution in [0.3, 0.4) is 0 Å². The average molecular weight is 194 g/mol. The second-order valence-corrected chi connectivity index (χ2v) is 4.86. The van der Waals surface area contributed by atoms with Gasteiger partial charge in [-0.1, -0.05) is 12.2 Å². The van der Waals surface area contributed by atoms with Crippen LogP contribution in [0.25, 0.3) is 0 Å². The summed E-state index contributed by atoms with van der Waals surface area (Å²) in [5.41, 5.74) is 0. The Morgan fingerprint density at radius 2 is 2.21 bits per heavy atom. The molecular formula is C12H18O2. The maximum atomic E-state index is 5.71. The number of hydrogen-bond donors (Lipinski definition) is 0. The van der Waals surface area contributed by atoms with Gasteiger partial charge in [-0.2, -0.15) is 0 Å². The van der Waals surface area contributed by atoms with Gasteiger partial charge in [0.25, 0.3) is 0 Å². The molecule has 2 nitrogen and oxygen atoms in total. The minimum Gasteiger partial charge on any atom is -0.381 e. The summed E-state index contributed by atoms with van der Waals surface area (Å²) in [6, 6.07) is 0. The molecule has 4 atom stereocenters. The average Bonchev–Trinajstić information content (AvgIpc) is 2.79. The Labute approximate surface area is 85.3 Å². The Morgan fingerprint density at radius 3 is 2.86 bits per heavy atom. The summed E-state index contributed by atoms with van der Waals surface area (Å²) in [5.74, 6) is 2.52. The van der Waals surface area contributed by atoms with Crippen LogP contribution in [0.15, 0.2) is 12.2 Å². The molecule has 14 heavy (non-hydrogen) atoms. The molecule has 0 spiro atoms. The Kier molecular flexibility index (Phi) is 2.34. The van der Waals surface area contributed by atoms with Crippen LogP contribution in [-0.4, -0.2) is 25.9 Å². The molecule has 3 aliphatic rings. The largest absolute Gasteiger partial charge is 0.381 e. The van der Waals surface area contributed by atoms with Gasteiger partial charge >= 0.3 is 0 Å². The number of allylic oxidation sites excluding steroid dienone is 2. The summed E-state index contributed by atoms with van der Waals surface area (Å²) in [7, 11) is 0. The summed E-state index contributed by atoms with van der Waals surface area (Å²) in [6.07, 6.45) is 9.15. The highest BCUT2D eigenvalue weighted by Crippen LogP contribution is 2.43. The van der Waals surface area contributed by atoms with Crippen molar-refractivity contribution in [2.24, 2.45) is 17.8 Å². The molecule has 78 valence electrons. The van der Waals surface area contributed by atoms with E-state index in [9.17, 15) is 0 Å². The van der Waals surface area contributed by atoms with Crippen LogP contribution in [0.1, 0.15) is 19.3 Å². The summed E-state index contributed by atoms with van der Waals surface area (Å²) in [6.45, 7) is 2.82. The second kappa shape index (κ2) is 3.67. The lowest BCUT2D eigenvalue weighted by Gasteiger charge is -2.17. The van der Waals surface area contributed by atoms with Gasteiger partial charge in [0.15, 0.2) is 0 Å². The van der Waals surface area contributed by atoms with Crippen LogP contribution in [0.4, 0.5) is 0 Å². The molecule has 0 aromatic rings. The predicted octanol–water partition coefficient (Wildman–Crippen LogP) is 2.00. The van der Waals surface area contributed by atoms with Gasteiger partial charge < -0.3 is 9.47 Å². The fourth-order valence-corrected chi connectivity index (χ4v) is 2.77. The van der Waals surface area contributed by atoms with Crippen LogP contribution in [0.5, 0.6) is 0 Å². The fourth-order valence-electron chi connectivity index (χ4n) is 2.77. The number of hydrogen-bond acceptors (Lipinski definition) is 2. The topological polar surface area (TPSA) is 21.8 Å². The van der Waals surface area contributed by atoms with Crippen molar-refractivity contribution in [3.05, 3.63) is 12.2 Å². The molecule has 3 rings (SSSR count). The van der Waals surface area contributed by atoms with E-state index in [-0.39, 0.29) is 0 Å². The van der Waals surface area contributed by atoms with E-state index in [2.05, 4.69) is 12.2 Å². The molecule has 1 saturated carbocycles. The Balaban J connectivity index is 1.34. The smallest absolute Gasteiger partial charge is 0.0831 e. The Morgan fingerprint density at radius 1 is 1.29 bits per heavy atom. The number of ether oxygens (including phenoxy) is 2. The van der Waals surface area contributed by atoms with E-state index >= 15 is 0 Å². The zero-order chi connectivity index (χ0) is 9.38. The lowest BCUT2D eigenvalue weighted by Crippen LogP contribution is -2.15. The number of fused-ring (bicyclic) bond motifs is 2. The molecule has 0 aromatic carbocycles. The molecule has 4 unspecified atom stereocenters. The lowest BCUT2D eigenvalue weighted by atomic mass is 9.95. The van der Waals surface area contributed by atoms with Gasteiger partial charge in [0, 0.05) is 13.2 Å². The van der Waals surface area contributed by atoms with Crippen molar-refractivity contribution in [2.75, 3.05) is 19.8 Å². The molecular weight excluding hydrogens is 176 g/mol. The van der Waals surface area contributed by atoms with E-state index in [1.807, 2.05) is 0 Å². The van der Waals surface area contributed by atoms with E-state index in [0.29, 0.717) is 6.10 Å². The third-order valence-corrected chi connectivity index (χ3v) is 3.73. The zero-order valence-corrected chi connectivity index (χ0v) is 8.52. The molecule has 0 radical (unpaired) electrons. The molecule has 1 aliphatic heterocycles. The van der Waals surface area contributed by atoms with Crippen molar-refractivity contribution in [3.63, 3.8) is 0 Å². The van der Waals surface area contributed by atoms with Crippen molar-refractivity contribution >= 4 is 0 Å². The third kappa shape index (κ3) is 1.86. The van der Waals surface area contributed by atoms with Crippen LogP contribution < -0.4 is 0 Å². The highest BCUT2D eigenvalue weighted by molar-refractivity contribution is 5.09. The van der Waals surface area contributed by atoms with Crippen LogP contribution in [0.2, 0.25) is 0 Å². The molecule has 0 aromatic heterocycles. The number of epoxide rings is 1. The summed E-state index contributed by atoms with van der Waals surface area (Å²) < 4.78 is 10.8. The molecule has 0 amide bonds. The highest BCUT2D eigenvalue weighted by atomic mass is 16.6. The lowest BCUT2D eigenvalue weighted by molar-refractivity contribution is 0.0850. The monoisotopic (exact) mass is 194 g/mol. The first-order valence-electron chi connectivity index (χ1n) is 5.79. The minimum absolute atomic E-state index is 0.523. The molecule has 2 bridgehead atoms. The summed E-state index contributed by atoms with van der Waals surface area (Å²) >= 11 is 0. The SMILES string of the molecule is C1=CC2CC1CC2COCCC1CO1. The van der Waals surface area contributed by atoms with Crippen molar-refractivity contribution in [3.8, 4) is 0 Å². The van der Waals surface area contributed by atoms with Crippen molar-refractivity contribution < 1.29 is 9.47 Å². The summed E-state index contributed by atoms with van der Waals surface area (Å²) in [4.78, 5) is 0. The first-order valence-corrected chi connectivity index (χ1v) is 5.79. The minimum atomic E-state index is 0.523. The van der Waals surface area contributed by atoms with Gasteiger partial charge in [-0.3, -0.25) is 0 Å². The normalized spacial score (nSPS) is 43.4. The molecule has 2 heteroatoms. The first kappa shape index (κ1) is 8.93. The Hall–Kier alpha value is -0.340. The quantitative estimate of drug-likeness (QED) is 0.379. The van der Waals surface area contributed by atoms with E-state index in [4.69, 9.17) is 9.47 Å². The Bertz CT molecular complexity index is 232. The highest BCUT2D eigenvalue weighted by Gasteiger charge is 2.35. The number of rotatable bonds is 5. The van der Waals surface area contributed by atoms with Gasteiger partial charge in [0.05, 0.1) is 12.7 Å². The molecule has 0 N–H and O–H groups in total. The van der Waals surface area contributed by atoms with Gasteiger partial charge in [-0.25, -0.2) is 0 Å². The zero-order valence-electron chi connectivity index (χ0n) is 8.52. The maximum Gasteiger partial charge on any atom is 0.0831 e. The predicted molar refractivity (Wildman–Crippen MR) is 54.0 cm³/mol. The van der Waals surface area contributed by atoms with Gasteiger partial charge in [-0.15, -0.1) is 0 Å².